The lowest BCUT2D eigenvalue weighted by Gasteiger charge is -2.41. The molecule has 0 spiro atoms. The summed E-state index contributed by atoms with van der Waals surface area (Å²) < 4.78 is 12.7. The molecule has 3 atom stereocenters. The molecule has 1 saturated carbocycles. The van der Waals surface area contributed by atoms with Crippen molar-refractivity contribution in [1.29, 1.82) is 0 Å². The minimum absolute atomic E-state index is 0.0130. The molecule has 19 heavy (non-hydrogen) atoms. The molecule has 2 N–H and O–H groups in total. The molecule has 1 fully saturated rings. The molecule has 2 rings (SSSR count). The molecule has 0 heterocycles. The molecule has 106 valence electrons. The Morgan fingerprint density at radius 1 is 1.32 bits per heavy atom. The van der Waals surface area contributed by atoms with Gasteiger partial charge in [-0.3, -0.25) is 4.21 Å². The van der Waals surface area contributed by atoms with E-state index in [2.05, 4.69) is 13.8 Å². The van der Waals surface area contributed by atoms with Crippen molar-refractivity contribution < 1.29 is 4.21 Å². The van der Waals surface area contributed by atoms with Gasteiger partial charge in [-0.25, -0.2) is 0 Å². The van der Waals surface area contributed by atoms with Crippen molar-refractivity contribution in [2.24, 2.45) is 11.1 Å². The molecular weight excluding hydrogens is 301 g/mol. The van der Waals surface area contributed by atoms with Crippen LogP contribution in [0.3, 0.4) is 0 Å². The van der Waals surface area contributed by atoms with Gasteiger partial charge >= 0.3 is 0 Å². The van der Waals surface area contributed by atoms with E-state index < -0.39 is 10.8 Å². The van der Waals surface area contributed by atoms with Crippen LogP contribution in [0.25, 0.3) is 0 Å². The molecule has 2 nitrogen and oxygen atoms in total. The van der Waals surface area contributed by atoms with Gasteiger partial charge in [-0.05, 0) is 36.5 Å². The number of nitrogens with two attached hydrogens (primary N) is 1. The Balaban J connectivity index is 2.26. The van der Waals surface area contributed by atoms with E-state index in [4.69, 9.17) is 28.9 Å². The third-order valence-electron chi connectivity index (χ3n) is 4.01. The van der Waals surface area contributed by atoms with Crippen molar-refractivity contribution >= 4 is 34.0 Å². The molecule has 1 aliphatic carbocycles. The van der Waals surface area contributed by atoms with Crippen LogP contribution >= 0.6 is 23.2 Å². The van der Waals surface area contributed by atoms with Gasteiger partial charge in [0.15, 0.2) is 0 Å². The predicted octanol–water partition coefficient (Wildman–Crippen LogP) is 4.01. The maximum Gasteiger partial charge on any atom is 0.0604 e. The van der Waals surface area contributed by atoms with Gasteiger partial charge in [0.1, 0.15) is 0 Å². The zero-order valence-electron chi connectivity index (χ0n) is 11.2. The number of benzene rings is 1. The molecule has 1 aliphatic rings. The Kier molecular flexibility index (Phi) is 4.61. The van der Waals surface area contributed by atoms with Crippen LogP contribution in [0.4, 0.5) is 0 Å². The van der Waals surface area contributed by atoms with E-state index in [0.717, 1.165) is 19.3 Å². The van der Waals surface area contributed by atoms with Crippen molar-refractivity contribution in [3.05, 3.63) is 28.2 Å². The van der Waals surface area contributed by atoms with Gasteiger partial charge in [-0.1, -0.05) is 43.5 Å². The first-order valence-corrected chi connectivity index (χ1v) is 8.41. The minimum atomic E-state index is -1.13. The van der Waals surface area contributed by atoms with Crippen LogP contribution in [0.5, 0.6) is 0 Å². The van der Waals surface area contributed by atoms with Gasteiger partial charge in [0.05, 0.1) is 26.1 Å². The van der Waals surface area contributed by atoms with Crippen LogP contribution in [0.1, 0.15) is 33.1 Å². The van der Waals surface area contributed by atoms with Gasteiger partial charge in [0, 0.05) is 10.9 Å². The predicted molar refractivity (Wildman–Crippen MR) is 82.3 cm³/mol. The van der Waals surface area contributed by atoms with Crippen molar-refractivity contribution in [1.82, 2.24) is 0 Å². The van der Waals surface area contributed by atoms with Crippen LogP contribution in [0.15, 0.2) is 23.1 Å². The first kappa shape index (κ1) is 15.3. The molecule has 1 aromatic rings. The fraction of sp³-hybridized carbons (Fsp3) is 0.571. The Bertz CT molecular complexity index is 504. The maximum absolute atomic E-state index is 12.7. The number of hydrogen-bond acceptors (Lipinski definition) is 2. The van der Waals surface area contributed by atoms with Crippen LogP contribution in [0, 0.1) is 5.41 Å². The molecule has 0 saturated heterocycles. The average molecular weight is 320 g/mol. The fourth-order valence-corrected chi connectivity index (χ4v) is 4.79. The first-order valence-electron chi connectivity index (χ1n) is 6.44. The maximum atomic E-state index is 12.7. The quantitative estimate of drug-likeness (QED) is 0.895. The van der Waals surface area contributed by atoms with Gasteiger partial charge in [-0.2, -0.15) is 0 Å². The molecule has 5 heteroatoms. The van der Waals surface area contributed by atoms with Gasteiger partial charge in [0.25, 0.3) is 0 Å². The smallest absolute Gasteiger partial charge is 0.0604 e. The van der Waals surface area contributed by atoms with E-state index in [0.29, 0.717) is 14.9 Å². The Morgan fingerprint density at radius 3 is 2.63 bits per heavy atom. The molecule has 0 aromatic heterocycles. The summed E-state index contributed by atoms with van der Waals surface area (Å²) in [6.45, 7) is 4.30. The molecule has 0 bridgehead atoms. The second-order valence-electron chi connectivity index (χ2n) is 5.82. The van der Waals surface area contributed by atoms with Crippen LogP contribution < -0.4 is 5.73 Å². The highest BCUT2D eigenvalue weighted by Gasteiger charge is 2.39. The summed E-state index contributed by atoms with van der Waals surface area (Å²) in [6, 6.07) is 5.10. The highest BCUT2D eigenvalue weighted by molar-refractivity contribution is 7.85. The number of rotatable bonds is 2. The molecule has 0 radical (unpaired) electrons. The summed E-state index contributed by atoms with van der Waals surface area (Å²) in [5.74, 6) is 0. The Hall–Kier alpha value is -0.0900. The standard InChI is InChI=1S/C14H19Cl2NOS/c1-14(2)7-3-4-12(13(14)17)19(18)9-5-6-10(15)11(16)8-9/h5-6,8,12-13H,3-4,7,17H2,1-2H3. The lowest BCUT2D eigenvalue weighted by Crippen LogP contribution is -2.51. The highest BCUT2D eigenvalue weighted by Crippen LogP contribution is 2.38. The largest absolute Gasteiger partial charge is 0.326 e. The Morgan fingerprint density at radius 2 is 2.00 bits per heavy atom. The van der Waals surface area contributed by atoms with E-state index in [9.17, 15) is 4.21 Å². The van der Waals surface area contributed by atoms with E-state index in [1.807, 2.05) is 0 Å². The van der Waals surface area contributed by atoms with Crippen LogP contribution in [-0.2, 0) is 10.8 Å². The average Bonchev–Trinajstić information content (AvgIpc) is 2.35. The monoisotopic (exact) mass is 319 g/mol. The Labute approximate surface area is 127 Å². The second-order valence-corrected chi connectivity index (χ2v) is 8.30. The highest BCUT2D eigenvalue weighted by atomic mass is 35.5. The summed E-state index contributed by atoms with van der Waals surface area (Å²) in [5, 5.41) is 0.910. The van der Waals surface area contributed by atoms with E-state index in [1.165, 1.54) is 0 Å². The van der Waals surface area contributed by atoms with Gasteiger partial charge in [0.2, 0.25) is 0 Å². The van der Waals surface area contributed by atoms with E-state index >= 15 is 0 Å². The van der Waals surface area contributed by atoms with Gasteiger partial charge < -0.3 is 5.73 Å². The topological polar surface area (TPSA) is 43.1 Å². The molecule has 0 amide bonds. The van der Waals surface area contributed by atoms with Gasteiger partial charge in [-0.15, -0.1) is 0 Å². The molecule has 0 aliphatic heterocycles. The normalized spacial score (nSPS) is 28.1. The summed E-state index contributed by atoms with van der Waals surface area (Å²) in [6.07, 6.45) is 3.05. The first-order chi connectivity index (χ1) is 8.83. The zero-order chi connectivity index (χ0) is 14.2. The SMILES string of the molecule is CC1(C)CCCC(S(=O)c2ccc(Cl)c(Cl)c2)C1N. The summed E-state index contributed by atoms with van der Waals surface area (Å²) >= 11 is 11.9. The lowest BCUT2D eigenvalue weighted by atomic mass is 9.73. The van der Waals surface area contributed by atoms with Crippen LogP contribution in [0.2, 0.25) is 10.0 Å². The minimum Gasteiger partial charge on any atom is -0.326 e. The van der Waals surface area contributed by atoms with Crippen molar-refractivity contribution in [2.45, 2.75) is 49.3 Å². The zero-order valence-corrected chi connectivity index (χ0v) is 13.5. The van der Waals surface area contributed by atoms with E-state index in [1.54, 1.807) is 18.2 Å². The molecule has 3 unspecified atom stereocenters. The molecule has 1 aromatic carbocycles. The van der Waals surface area contributed by atoms with Crippen molar-refractivity contribution in [3.8, 4) is 0 Å². The third-order valence-corrected chi connectivity index (χ3v) is 6.55. The summed E-state index contributed by atoms with van der Waals surface area (Å²) in [7, 11) is -1.13. The second kappa shape index (κ2) is 5.72. The third kappa shape index (κ3) is 3.15. The van der Waals surface area contributed by atoms with E-state index in [-0.39, 0.29) is 16.7 Å². The van der Waals surface area contributed by atoms with Crippen molar-refractivity contribution in [3.63, 3.8) is 0 Å². The number of halogens is 2. The summed E-state index contributed by atoms with van der Waals surface area (Å²) in [4.78, 5) is 0.715. The fourth-order valence-electron chi connectivity index (χ4n) is 2.63. The van der Waals surface area contributed by atoms with Crippen molar-refractivity contribution in [2.75, 3.05) is 0 Å². The molecular formula is C14H19Cl2NOS. The summed E-state index contributed by atoms with van der Waals surface area (Å²) in [5.41, 5.74) is 6.35. The van der Waals surface area contributed by atoms with Crippen LogP contribution in [-0.4, -0.2) is 15.5 Å². The lowest BCUT2D eigenvalue weighted by molar-refractivity contribution is 0.206. The number of hydrogen-bond donors (Lipinski definition) is 1.